The van der Waals surface area contributed by atoms with Crippen LogP contribution in [0.4, 0.5) is 24.7 Å². The third kappa shape index (κ3) is 8.97. The van der Waals surface area contributed by atoms with Crippen LogP contribution in [0.1, 0.15) is 37.5 Å². The molecule has 12 nitrogen and oxygen atoms in total. The standard InChI is InChI=1S/C34H26ClF3N6O6S/c35-29-27(19-21-9-3-1-4-10-21)44(33(48)30(40-29)41-42-31(46)22-11-5-2-6-12-22)20-28(45)39-26-14-8-7-13-25(26)32(47)43-51(49,50)24-17-15-23(16-18-24)34(36,37)38/h1-18H,19-20H2,(H,39,45)(H,40,41)(H,42,46)(H,43,47). The minimum Gasteiger partial charge on any atom is -0.324 e. The minimum absolute atomic E-state index is 0.0760. The Kier molecular flexibility index (Phi) is 10.9. The van der Waals surface area contributed by atoms with Gasteiger partial charge < -0.3 is 5.32 Å². The first-order valence-electron chi connectivity index (χ1n) is 14.8. The van der Waals surface area contributed by atoms with Gasteiger partial charge in [-0.2, -0.15) is 13.2 Å². The largest absolute Gasteiger partial charge is 0.416 e. The van der Waals surface area contributed by atoms with Gasteiger partial charge in [-0.25, -0.2) is 18.1 Å². The summed E-state index contributed by atoms with van der Waals surface area (Å²) in [7, 11) is -4.63. The normalized spacial score (nSPS) is 11.4. The van der Waals surface area contributed by atoms with Crippen molar-refractivity contribution >= 4 is 50.9 Å². The van der Waals surface area contributed by atoms with Crippen molar-refractivity contribution in [2.75, 3.05) is 10.7 Å². The van der Waals surface area contributed by atoms with E-state index in [-0.39, 0.29) is 34.1 Å². The van der Waals surface area contributed by atoms with Gasteiger partial charge in [-0.1, -0.05) is 72.3 Å². The summed E-state index contributed by atoms with van der Waals surface area (Å²) >= 11 is 6.52. The Morgan fingerprint density at radius 1 is 0.804 bits per heavy atom. The van der Waals surface area contributed by atoms with Gasteiger partial charge in [0, 0.05) is 12.0 Å². The fraction of sp³-hybridized carbons (Fsp3) is 0.0882. The Bertz CT molecular complexity index is 2250. The van der Waals surface area contributed by atoms with E-state index in [0.29, 0.717) is 24.3 Å². The number of hydrogen-bond acceptors (Lipinski definition) is 8. The zero-order valence-corrected chi connectivity index (χ0v) is 27.6. The molecule has 0 bridgehead atoms. The molecule has 0 saturated carbocycles. The zero-order valence-electron chi connectivity index (χ0n) is 26.1. The van der Waals surface area contributed by atoms with E-state index in [2.05, 4.69) is 21.2 Å². The second kappa shape index (κ2) is 15.3. The molecule has 0 aliphatic carbocycles. The highest BCUT2D eigenvalue weighted by Crippen LogP contribution is 2.30. The molecule has 3 amide bonds. The van der Waals surface area contributed by atoms with Crippen molar-refractivity contribution in [1.29, 1.82) is 0 Å². The predicted octanol–water partition coefficient (Wildman–Crippen LogP) is 5.02. The number of para-hydroxylation sites is 1. The molecule has 1 heterocycles. The second-order valence-corrected chi connectivity index (χ2v) is 12.8. The Hall–Kier alpha value is -6.00. The molecule has 0 aliphatic rings. The molecule has 4 aromatic carbocycles. The van der Waals surface area contributed by atoms with Crippen LogP contribution in [0.15, 0.2) is 119 Å². The van der Waals surface area contributed by atoms with E-state index >= 15 is 0 Å². The maximum Gasteiger partial charge on any atom is 0.416 e. The van der Waals surface area contributed by atoms with E-state index in [1.54, 1.807) is 65.4 Å². The fourth-order valence-electron chi connectivity index (χ4n) is 4.74. The number of benzene rings is 4. The highest BCUT2D eigenvalue weighted by atomic mass is 35.5. The summed E-state index contributed by atoms with van der Waals surface area (Å²) in [5, 5.41) is 2.33. The van der Waals surface area contributed by atoms with Crippen LogP contribution < -0.4 is 26.4 Å². The SMILES string of the molecule is O=C(Cn1c(Cc2ccccc2)c(Cl)nc(NNC(=O)c2ccccc2)c1=O)Nc1ccccc1C(=O)NS(=O)(=O)c1ccc(C(F)(F)F)cc1. The van der Waals surface area contributed by atoms with Gasteiger partial charge in [-0.15, -0.1) is 0 Å². The number of sulfonamides is 1. The van der Waals surface area contributed by atoms with Crippen molar-refractivity contribution < 1.29 is 36.0 Å². The maximum absolute atomic E-state index is 13.7. The van der Waals surface area contributed by atoms with Crippen LogP contribution in [0.2, 0.25) is 5.15 Å². The lowest BCUT2D eigenvalue weighted by atomic mass is 10.1. The third-order valence-electron chi connectivity index (χ3n) is 7.23. The van der Waals surface area contributed by atoms with Crippen LogP contribution in [-0.4, -0.2) is 35.7 Å². The minimum atomic E-state index is -4.70. The van der Waals surface area contributed by atoms with Gasteiger partial charge in [0.1, 0.15) is 6.54 Å². The molecule has 1 aromatic heterocycles. The van der Waals surface area contributed by atoms with E-state index in [4.69, 9.17) is 11.6 Å². The maximum atomic E-state index is 13.7. The molecule has 17 heteroatoms. The Morgan fingerprint density at radius 2 is 1.41 bits per heavy atom. The number of carbonyl (C=O) groups excluding carboxylic acids is 3. The number of hydrogen-bond donors (Lipinski definition) is 4. The number of amides is 3. The molecular weight excluding hydrogens is 713 g/mol. The summed E-state index contributed by atoms with van der Waals surface area (Å²) in [4.78, 5) is 56.3. The number of rotatable bonds is 11. The Labute approximate surface area is 293 Å². The average Bonchev–Trinajstić information content (AvgIpc) is 3.11. The molecule has 0 atom stereocenters. The van der Waals surface area contributed by atoms with Crippen molar-refractivity contribution in [3.05, 3.63) is 153 Å². The van der Waals surface area contributed by atoms with Crippen molar-refractivity contribution in [3.63, 3.8) is 0 Å². The lowest BCUT2D eigenvalue weighted by molar-refractivity contribution is -0.137. The zero-order chi connectivity index (χ0) is 36.8. The van der Waals surface area contributed by atoms with Crippen molar-refractivity contribution in [1.82, 2.24) is 19.7 Å². The average molecular weight is 739 g/mol. The van der Waals surface area contributed by atoms with Crippen LogP contribution in [0.25, 0.3) is 0 Å². The second-order valence-electron chi connectivity index (χ2n) is 10.7. The van der Waals surface area contributed by atoms with Crippen molar-refractivity contribution in [2.24, 2.45) is 0 Å². The fourth-order valence-corrected chi connectivity index (χ4v) is 5.96. The van der Waals surface area contributed by atoms with Crippen molar-refractivity contribution in [2.45, 2.75) is 24.0 Å². The van der Waals surface area contributed by atoms with Gasteiger partial charge in [-0.05, 0) is 54.1 Å². The van der Waals surface area contributed by atoms with Crippen LogP contribution >= 0.6 is 11.6 Å². The summed E-state index contributed by atoms with van der Waals surface area (Å²) in [6.07, 6.45) is -4.62. The molecule has 0 unspecified atom stereocenters. The van der Waals surface area contributed by atoms with Crippen LogP contribution in [-0.2, 0) is 34.0 Å². The number of nitrogens with one attached hydrogen (secondary N) is 4. The van der Waals surface area contributed by atoms with Gasteiger partial charge in [0.2, 0.25) is 11.7 Å². The topological polar surface area (TPSA) is 168 Å². The predicted molar refractivity (Wildman–Crippen MR) is 181 cm³/mol. The molecule has 5 aromatic rings. The first-order chi connectivity index (χ1) is 24.2. The third-order valence-corrected chi connectivity index (χ3v) is 8.88. The first kappa shape index (κ1) is 36.3. The molecule has 0 spiro atoms. The molecule has 0 aliphatic heterocycles. The lowest BCUT2D eigenvalue weighted by Crippen LogP contribution is -2.37. The molecule has 262 valence electrons. The van der Waals surface area contributed by atoms with Crippen LogP contribution in [0.3, 0.4) is 0 Å². The number of nitrogens with zero attached hydrogens (tertiary/aromatic N) is 2. The van der Waals surface area contributed by atoms with Crippen LogP contribution in [0.5, 0.6) is 0 Å². The number of carbonyl (C=O) groups is 3. The van der Waals surface area contributed by atoms with E-state index in [1.165, 1.54) is 24.3 Å². The Morgan fingerprint density at radius 3 is 2.06 bits per heavy atom. The number of anilines is 2. The van der Waals surface area contributed by atoms with E-state index < -0.39 is 62.3 Å². The van der Waals surface area contributed by atoms with Gasteiger partial charge in [0.05, 0.1) is 27.4 Å². The number of hydrazine groups is 1. The molecule has 0 radical (unpaired) electrons. The molecule has 4 N–H and O–H groups in total. The number of aromatic nitrogens is 2. The smallest absolute Gasteiger partial charge is 0.324 e. The van der Waals surface area contributed by atoms with Gasteiger partial charge in [0.15, 0.2) is 5.15 Å². The van der Waals surface area contributed by atoms with Crippen molar-refractivity contribution in [3.8, 4) is 0 Å². The van der Waals surface area contributed by atoms with Crippen LogP contribution in [0, 0.1) is 0 Å². The molecule has 0 fully saturated rings. The number of halogens is 4. The van der Waals surface area contributed by atoms with Gasteiger partial charge in [-0.3, -0.25) is 34.6 Å². The van der Waals surface area contributed by atoms with Gasteiger partial charge in [0.25, 0.3) is 27.4 Å². The summed E-state index contributed by atoms with van der Waals surface area (Å²) in [6, 6.07) is 24.8. The summed E-state index contributed by atoms with van der Waals surface area (Å²) < 4.78 is 67.3. The Balaban J connectivity index is 1.39. The molecule has 51 heavy (non-hydrogen) atoms. The summed E-state index contributed by atoms with van der Waals surface area (Å²) in [5.74, 6) is -3.01. The summed E-state index contributed by atoms with van der Waals surface area (Å²) in [6.45, 7) is -0.662. The van der Waals surface area contributed by atoms with E-state index in [1.807, 2.05) is 0 Å². The van der Waals surface area contributed by atoms with E-state index in [0.717, 1.165) is 10.1 Å². The monoisotopic (exact) mass is 738 g/mol. The van der Waals surface area contributed by atoms with E-state index in [9.17, 15) is 40.8 Å². The molecule has 5 rings (SSSR count). The lowest BCUT2D eigenvalue weighted by Gasteiger charge is -2.17. The highest BCUT2D eigenvalue weighted by Gasteiger charge is 2.31. The quantitative estimate of drug-likeness (QED) is 0.137. The van der Waals surface area contributed by atoms with Gasteiger partial charge >= 0.3 is 6.18 Å². The summed E-state index contributed by atoms with van der Waals surface area (Å²) in [5.41, 5.74) is 3.61. The number of alkyl halides is 3. The molecular formula is C34H26ClF3N6O6S. The first-order valence-corrected chi connectivity index (χ1v) is 16.7. The molecule has 0 saturated heterocycles. The highest BCUT2D eigenvalue weighted by molar-refractivity contribution is 7.90.